The lowest BCUT2D eigenvalue weighted by molar-refractivity contribution is -0.317. The van der Waals surface area contributed by atoms with E-state index in [1.54, 1.807) is 6.26 Å². The Balaban J connectivity index is 4.81. The molecule has 0 atom stereocenters. The fraction of sp³-hybridized carbons (Fsp3) is 0.846. The first kappa shape index (κ1) is 17.6. The quantitative estimate of drug-likeness (QED) is 0.251. The lowest BCUT2D eigenvalue weighted by Crippen LogP contribution is -2.42. The Morgan fingerprint density at radius 1 is 1.06 bits per heavy atom. The van der Waals surface area contributed by atoms with E-state index in [-0.39, 0.29) is 0 Å². The molecule has 108 valence electrons. The summed E-state index contributed by atoms with van der Waals surface area (Å²) in [6.45, 7) is 11.6. The van der Waals surface area contributed by atoms with Crippen LogP contribution in [-0.2, 0) is 18.6 Å². The van der Waals surface area contributed by atoms with Gasteiger partial charge in [0.1, 0.15) is 0 Å². The predicted molar refractivity (Wildman–Crippen MR) is 76.1 cm³/mol. The summed E-state index contributed by atoms with van der Waals surface area (Å²) in [4.78, 5) is 0. The van der Waals surface area contributed by atoms with Crippen molar-refractivity contribution in [2.24, 2.45) is 0 Å². The van der Waals surface area contributed by atoms with Crippen LogP contribution in [0.3, 0.4) is 0 Å². The summed E-state index contributed by atoms with van der Waals surface area (Å²) in [6, 6.07) is 1.11. The Bertz CT molecular complexity index is 225. The minimum atomic E-state index is -1.04. The van der Waals surface area contributed by atoms with E-state index in [2.05, 4.69) is 6.92 Å². The normalized spacial score (nSPS) is 13.5. The van der Waals surface area contributed by atoms with E-state index in [1.165, 1.54) is 0 Å². The molecule has 0 saturated heterocycles. The fourth-order valence-electron chi connectivity index (χ4n) is 1.48. The molecular weight excluding hydrogens is 248 g/mol. The summed E-state index contributed by atoms with van der Waals surface area (Å²) in [5.74, 6) is -1.04. The van der Waals surface area contributed by atoms with E-state index >= 15 is 0 Å². The summed E-state index contributed by atoms with van der Waals surface area (Å²) in [5.41, 5.74) is 0.830. The van der Waals surface area contributed by atoms with Crippen LogP contribution < -0.4 is 0 Å². The minimum absolute atomic E-state index is 0.540. The van der Waals surface area contributed by atoms with Crippen molar-refractivity contribution in [2.75, 3.05) is 19.8 Å². The zero-order chi connectivity index (χ0) is 13.9. The van der Waals surface area contributed by atoms with Crippen LogP contribution in [-0.4, -0.2) is 35.6 Å². The van der Waals surface area contributed by atoms with E-state index in [4.69, 9.17) is 18.6 Å². The van der Waals surface area contributed by atoms with Crippen molar-refractivity contribution >= 4 is 9.76 Å². The zero-order valence-electron chi connectivity index (χ0n) is 12.5. The van der Waals surface area contributed by atoms with Gasteiger partial charge >= 0.3 is 5.97 Å². The van der Waals surface area contributed by atoms with Crippen LogP contribution in [0.25, 0.3) is 0 Å². The van der Waals surface area contributed by atoms with Gasteiger partial charge in [-0.15, -0.1) is 0 Å². The maximum absolute atomic E-state index is 5.96. The highest BCUT2D eigenvalue weighted by Gasteiger charge is 2.35. The van der Waals surface area contributed by atoms with Crippen LogP contribution in [0.1, 0.15) is 41.0 Å². The molecule has 0 aromatic heterocycles. The van der Waals surface area contributed by atoms with Gasteiger partial charge in [-0.3, -0.25) is 0 Å². The Hall–Kier alpha value is -0.363. The molecule has 0 unspecified atom stereocenters. The average molecular weight is 276 g/mol. The highest BCUT2D eigenvalue weighted by Crippen LogP contribution is 2.25. The minimum Gasteiger partial charge on any atom is -0.501 e. The van der Waals surface area contributed by atoms with Gasteiger partial charge in [-0.2, -0.15) is 0 Å². The van der Waals surface area contributed by atoms with Gasteiger partial charge in [0.05, 0.1) is 12.9 Å². The Kier molecular flexibility index (Phi) is 10.3. The van der Waals surface area contributed by atoms with Crippen molar-refractivity contribution in [1.82, 2.24) is 0 Å². The van der Waals surface area contributed by atoms with Crippen molar-refractivity contribution in [1.29, 1.82) is 0 Å². The molecule has 0 N–H and O–H groups in total. The molecule has 0 aliphatic rings. The highest BCUT2D eigenvalue weighted by atomic mass is 28.2. The van der Waals surface area contributed by atoms with Crippen molar-refractivity contribution in [2.45, 2.75) is 53.1 Å². The molecule has 0 aliphatic heterocycles. The van der Waals surface area contributed by atoms with Crippen LogP contribution in [0.4, 0.5) is 0 Å². The van der Waals surface area contributed by atoms with Crippen LogP contribution in [0.2, 0.25) is 6.04 Å². The molecule has 0 aromatic carbocycles. The number of ether oxygens (including phenoxy) is 3. The van der Waals surface area contributed by atoms with Gasteiger partial charge in [0, 0.05) is 18.8 Å². The molecule has 0 heterocycles. The molecule has 5 heteroatoms. The number of hydrogen-bond acceptors (Lipinski definition) is 4. The van der Waals surface area contributed by atoms with E-state index in [0.29, 0.717) is 19.8 Å². The summed E-state index contributed by atoms with van der Waals surface area (Å²) < 4.78 is 22.7. The smallest absolute Gasteiger partial charge is 0.300 e. The Labute approximate surface area is 114 Å². The number of rotatable bonds is 11. The zero-order valence-corrected chi connectivity index (χ0v) is 13.9. The second-order valence-corrected chi connectivity index (χ2v) is 5.28. The van der Waals surface area contributed by atoms with Crippen molar-refractivity contribution < 1.29 is 18.6 Å². The monoisotopic (exact) mass is 276 g/mol. The maximum atomic E-state index is 5.96. The van der Waals surface area contributed by atoms with E-state index < -0.39 is 15.7 Å². The van der Waals surface area contributed by atoms with E-state index in [0.717, 1.165) is 18.0 Å². The summed E-state index contributed by atoms with van der Waals surface area (Å²) >= 11 is 0. The standard InChI is InChI=1S/C13H28O4Si/c1-6-10-18-17-13(15-8-3,16-9-4)12(5)11-14-7-2/h11H,6-10,18H2,1-5H3/b12-11+. The molecule has 0 bridgehead atoms. The van der Waals surface area contributed by atoms with Crippen LogP contribution in [0.15, 0.2) is 11.8 Å². The highest BCUT2D eigenvalue weighted by molar-refractivity contribution is 6.27. The third-order valence-corrected chi connectivity index (χ3v) is 3.95. The number of hydrogen-bond donors (Lipinski definition) is 0. The van der Waals surface area contributed by atoms with Crippen LogP contribution >= 0.6 is 0 Å². The molecule has 0 amide bonds. The van der Waals surface area contributed by atoms with Gasteiger partial charge in [-0.25, -0.2) is 0 Å². The van der Waals surface area contributed by atoms with Gasteiger partial charge in [0.25, 0.3) is 0 Å². The molecule has 4 nitrogen and oxygen atoms in total. The first-order chi connectivity index (χ1) is 8.66. The van der Waals surface area contributed by atoms with E-state index in [1.807, 2.05) is 27.7 Å². The van der Waals surface area contributed by atoms with Gasteiger partial charge in [0.15, 0.2) is 9.76 Å². The lowest BCUT2D eigenvalue weighted by atomic mass is 10.3. The van der Waals surface area contributed by atoms with Crippen molar-refractivity contribution in [3.8, 4) is 0 Å². The lowest BCUT2D eigenvalue weighted by Gasteiger charge is -2.33. The second kappa shape index (κ2) is 10.5. The van der Waals surface area contributed by atoms with Gasteiger partial charge in [-0.1, -0.05) is 13.3 Å². The molecule has 0 rings (SSSR count). The van der Waals surface area contributed by atoms with Crippen molar-refractivity contribution in [3.05, 3.63) is 11.8 Å². The predicted octanol–water partition coefficient (Wildman–Crippen LogP) is 2.58. The van der Waals surface area contributed by atoms with Gasteiger partial charge < -0.3 is 18.6 Å². The van der Waals surface area contributed by atoms with Crippen LogP contribution in [0.5, 0.6) is 0 Å². The molecule has 0 aliphatic carbocycles. The molecule has 0 fully saturated rings. The Morgan fingerprint density at radius 3 is 2.11 bits per heavy atom. The van der Waals surface area contributed by atoms with Gasteiger partial charge in [0.2, 0.25) is 0 Å². The summed E-state index contributed by atoms with van der Waals surface area (Å²) in [6.07, 6.45) is 2.81. The molecule has 0 saturated carbocycles. The topological polar surface area (TPSA) is 36.9 Å². The van der Waals surface area contributed by atoms with Crippen LogP contribution in [0, 0.1) is 0 Å². The van der Waals surface area contributed by atoms with Crippen molar-refractivity contribution in [3.63, 3.8) is 0 Å². The molecule has 0 aromatic rings. The molecule has 0 radical (unpaired) electrons. The molecule has 0 spiro atoms. The third kappa shape index (κ3) is 6.00. The second-order valence-electron chi connectivity index (χ2n) is 3.88. The third-order valence-electron chi connectivity index (χ3n) is 2.37. The first-order valence-corrected chi connectivity index (χ1v) is 8.45. The fourth-order valence-corrected chi connectivity index (χ4v) is 2.57. The average Bonchev–Trinajstić information content (AvgIpc) is 2.36. The Morgan fingerprint density at radius 2 is 1.67 bits per heavy atom. The first-order valence-electron chi connectivity index (χ1n) is 6.87. The SMILES string of the molecule is CCC[SiH2]OC(OCC)(OCC)/C(C)=C/OCC. The maximum Gasteiger partial charge on any atom is 0.300 e. The largest absolute Gasteiger partial charge is 0.501 e. The summed E-state index contributed by atoms with van der Waals surface area (Å²) in [5, 5.41) is 0. The van der Waals surface area contributed by atoms with E-state index in [9.17, 15) is 0 Å². The molecule has 18 heavy (non-hydrogen) atoms. The molecular formula is C13H28O4Si. The van der Waals surface area contributed by atoms with Gasteiger partial charge in [-0.05, 0) is 33.7 Å². The summed E-state index contributed by atoms with van der Waals surface area (Å²) in [7, 11) is -0.646.